The van der Waals surface area contributed by atoms with Gasteiger partial charge in [-0.05, 0) is 57.8 Å². The van der Waals surface area contributed by atoms with Gasteiger partial charge in [0.05, 0.1) is 6.61 Å². The van der Waals surface area contributed by atoms with Crippen molar-refractivity contribution >= 4 is 11.9 Å². The molecular weight excluding hydrogens is 741 g/mol. The highest BCUT2D eigenvalue weighted by molar-refractivity contribution is 5.70. The Morgan fingerprint density at radius 1 is 0.400 bits per heavy atom. The Morgan fingerprint density at radius 3 is 1.08 bits per heavy atom. The molecule has 0 fully saturated rings. The van der Waals surface area contributed by atoms with E-state index < -0.39 is 6.10 Å². The summed E-state index contributed by atoms with van der Waals surface area (Å²) in [5.74, 6) is -0.596. The summed E-state index contributed by atoms with van der Waals surface area (Å²) in [6.45, 7) is 3.94. The predicted molar refractivity (Wildman–Crippen MR) is 260 cm³/mol. The monoisotopic (exact) mass is 839 g/mol. The van der Waals surface area contributed by atoms with Crippen LogP contribution in [0.3, 0.4) is 0 Å². The number of aliphatic hydroxyl groups is 1. The van der Waals surface area contributed by atoms with Crippen LogP contribution in [0.4, 0.5) is 0 Å². The number of esters is 2. The van der Waals surface area contributed by atoms with Gasteiger partial charge in [-0.15, -0.1) is 0 Å². The standard InChI is InChI=1S/C55H98O5/c1-3-5-7-9-10-11-12-13-14-15-16-17-18-19-20-21-22-23-24-25-26-27-28-29-30-31-32-33-34-35-36-37-38-39-40-41-42-43-44-46-48-50-55(58)60-53(51-56)52-59-54(57)49-47-45-8-6-4-2/h5,7,10-11,13-14,16-17,19-20,53,56H,3-4,6,8-9,12,15,18,21-52H2,1-2H3/b7-5-,11-10-,14-13-,17-16-,20-19-. The van der Waals surface area contributed by atoms with Crippen LogP contribution in [-0.4, -0.2) is 36.4 Å². The van der Waals surface area contributed by atoms with Gasteiger partial charge in [-0.3, -0.25) is 9.59 Å². The lowest BCUT2D eigenvalue weighted by molar-refractivity contribution is -0.161. The molecule has 0 heterocycles. The molecule has 0 rings (SSSR count). The van der Waals surface area contributed by atoms with Crippen molar-refractivity contribution < 1.29 is 24.2 Å². The van der Waals surface area contributed by atoms with Gasteiger partial charge in [-0.1, -0.05) is 248 Å². The van der Waals surface area contributed by atoms with Crippen LogP contribution < -0.4 is 0 Å². The number of carbonyl (C=O) groups excluding carboxylic acids is 2. The Bertz CT molecular complexity index is 1040. The predicted octanol–water partition coefficient (Wildman–Crippen LogP) is 17.1. The van der Waals surface area contributed by atoms with Crippen molar-refractivity contribution in [1.82, 2.24) is 0 Å². The van der Waals surface area contributed by atoms with Crippen molar-refractivity contribution in [3.05, 3.63) is 60.8 Å². The van der Waals surface area contributed by atoms with E-state index >= 15 is 0 Å². The fourth-order valence-electron chi connectivity index (χ4n) is 7.47. The minimum atomic E-state index is -0.764. The highest BCUT2D eigenvalue weighted by Crippen LogP contribution is 2.17. The molecule has 0 saturated carbocycles. The molecule has 5 heteroatoms. The van der Waals surface area contributed by atoms with Crippen LogP contribution in [0.5, 0.6) is 0 Å². The van der Waals surface area contributed by atoms with Crippen LogP contribution in [0.15, 0.2) is 60.8 Å². The molecule has 1 N–H and O–H groups in total. The second-order valence-corrected chi connectivity index (χ2v) is 17.2. The molecule has 0 bridgehead atoms. The minimum absolute atomic E-state index is 0.0632. The van der Waals surface area contributed by atoms with Gasteiger partial charge < -0.3 is 14.6 Å². The number of unbranched alkanes of at least 4 members (excludes halogenated alkanes) is 29. The fraction of sp³-hybridized carbons (Fsp3) is 0.782. The molecule has 0 radical (unpaired) electrons. The maximum atomic E-state index is 12.1. The number of allylic oxidation sites excluding steroid dienone is 10. The second kappa shape index (κ2) is 51.0. The van der Waals surface area contributed by atoms with Gasteiger partial charge in [0.15, 0.2) is 6.10 Å². The summed E-state index contributed by atoms with van der Waals surface area (Å²) in [5, 5.41) is 9.50. The minimum Gasteiger partial charge on any atom is -0.462 e. The van der Waals surface area contributed by atoms with Gasteiger partial charge in [0, 0.05) is 12.8 Å². The largest absolute Gasteiger partial charge is 0.462 e. The molecule has 348 valence electrons. The first-order chi connectivity index (χ1) is 29.6. The molecule has 0 aliphatic heterocycles. The summed E-state index contributed by atoms with van der Waals surface area (Å²) >= 11 is 0. The zero-order chi connectivity index (χ0) is 43.5. The normalized spacial score (nSPS) is 12.7. The van der Waals surface area contributed by atoms with E-state index in [1.807, 2.05) is 0 Å². The Kier molecular flexibility index (Phi) is 48.9. The van der Waals surface area contributed by atoms with Gasteiger partial charge in [0.2, 0.25) is 0 Å². The van der Waals surface area contributed by atoms with Crippen LogP contribution in [0.25, 0.3) is 0 Å². The van der Waals surface area contributed by atoms with E-state index in [9.17, 15) is 14.7 Å². The Morgan fingerprint density at radius 2 is 0.717 bits per heavy atom. The van der Waals surface area contributed by atoms with E-state index in [-0.39, 0.29) is 25.2 Å². The molecule has 0 amide bonds. The highest BCUT2D eigenvalue weighted by Gasteiger charge is 2.16. The summed E-state index contributed by atoms with van der Waals surface area (Å²) in [7, 11) is 0. The maximum absolute atomic E-state index is 12.1. The second-order valence-electron chi connectivity index (χ2n) is 17.2. The van der Waals surface area contributed by atoms with E-state index in [4.69, 9.17) is 9.47 Å². The zero-order valence-electron chi connectivity index (χ0n) is 39.7. The number of carbonyl (C=O) groups is 2. The molecule has 60 heavy (non-hydrogen) atoms. The van der Waals surface area contributed by atoms with Crippen molar-refractivity contribution in [3.8, 4) is 0 Å². The summed E-state index contributed by atoms with van der Waals surface area (Å²) in [5.41, 5.74) is 0. The smallest absolute Gasteiger partial charge is 0.306 e. The molecule has 0 aromatic rings. The zero-order valence-corrected chi connectivity index (χ0v) is 39.7. The first-order valence-electron chi connectivity index (χ1n) is 25.8. The first-order valence-corrected chi connectivity index (χ1v) is 25.8. The van der Waals surface area contributed by atoms with Crippen LogP contribution >= 0.6 is 0 Å². The lowest BCUT2D eigenvalue weighted by atomic mass is 10.0. The molecule has 0 aliphatic rings. The molecular formula is C55H98O5. The third kappa shape index (κ3) is 48.3. The van der Waals surface area contributed by atoms with Gasteiger partial charge in [-0.25, -0.2) is 0 Å². The van der Waals surface area contributed by atoms with E-state index in [0.29, 0.717) is 12.8 Å². The maximum Gasteiger partial charge on any atom is 0.306 e. The fourth-order valence-corrected chi connectivity index (χ4v) is 7.47. The van der Waals surface area contributed by atoms with Crippen LogP contribution in [-0.2, 0) is 19.1 Å². The molecule has 5 nitrogen and oxygen atoms in total. The van der Waals surface area contributed by atoms with Crippen LogP contribution in [0, 0.1) is 0 Å². The Balaban J connectivity index is 3.33. The molecule has 0 aliphatic carbocycles. The van der Waals surface area contributed by atoms with Crippen molar-refractivity contribution in [2.75, 3.05) is 13.2 Å². The topological polar surface area (TPSA) is 72.8 Å². The number of hydrogen-bond donors (Lipinski definition) is 1. The highest BCUT2D eigenvalue weighted by atomic mass is 16.6. The summed E-state index contributed by atoms with van der Waals surface area (Å²) in [4.78, 5) is 24.0. The van der Waals surface area contributed by atoms with E-state index in [2.05, 4.69) is 74.6 Å². The molecule has 0 aromatic heterocycles. The number of rotatable bonds is 47. The number of aliphatic hydroxyl groups excluding tert-OH is 1. The number of ether oxygens (including phenoxy) is 2. The Labute approximate surface area is 372 Å². The van der Waals surface area contributed by atoms with Crippen molar-refractivity contribution in [1.29, 1.82) is 0 Å². The van der Waals surface area contributed by atoms with Crippen LogP contribution in [0.2, 0.25) is 0 Å². The molecule has 1 unspecified atom stereocenters. The van der Waals surface area contributed by atoms with Gasteiger partial charge >= 0.3 is 11.9 Å². The van der Waals surface area contributed by atoms with Crippen molar-refractivity contribution in [2.45, 2.75) is 264 Å². The van der Waals surface area contributed by atoms with Gasteiger partial charge in [-0.2, -0.15) is 0 Å². The Hall–Kier alpha value is -2.40. The quantitative estimate of drug-likeness (QED) is 0.0375. The molecule has 0 spiro atoms. The molecule has 0 aromatic carbocycles. The van der Waals surface area contributed by atoms with Gasteiger partial charge in [0.1, 0.15) is 6.61 Å². The summed E-state index contributed by atoms with van der Waals surface area (Å²) < 4.78 is 10.5. The van der Waals surface area contributed by atoms with Crippen molar-refractivity contribution in [3.63, 3.8) is 0 Å². The number of hydrogen-bond acceptors (Lipinski definition) is 5. The van der Waals surface area contributed by atoms with Crippen LogP contribution in [0.1, 0.15) is 258 Å². The SMILES string of the molecule is CC/C=C\C/C=C\C/C=C\C/C=C\C/C=C\CCCCCCCCCCCCCCCCCCCCCCCCCCCC(=O)OC(CO)COC(=O)CCCCCCC. The summed E-state index contributed by atoms with van der Waals surface area (Å²) in [6, 6.07) is 0. The average molecular weight is 839 g/mol. The molecule has 1 atom stereocenters. The third-order valence-electron chi connectivity index (χ3n) is 11.3. The van der Waals surface area contributed by atoms with E-state index in [1.165, 1.54) is 161 Å². The lowest BCUT2D eigenvalue weighted by Gasteiger charge is -2.15. The van der Waals surface area contributed by atoms with E-state index in [1.54, 1.807) is 0 Å². The lowest BCUT2D eigenvalue weighted by Crippen LogP contribution is -2.28. The first kappa shape index (κ1) is 57.6. The van der Waals surface area contributed by atoms with Crippen molar-refractivity contribution in [2.24, 2.45) is 0 Å². The van der Waals surface area contributed by atoms with Gasteiger partial charge in [0.25, 0.3) is 0 Å². The summed E-state index contributed by atoms with van der Waals surface area (Å²) in [6.07, 6.45) is 68.3. The average Bonchev–Trinajstić information content (AvgIpc) is 3.25. The van der Waals surface area contributed by atoms with E-state index in [0.717, 1.165) is 70.6 Å². The third-order valence-corrected chi connectivity index (χ3v) is 11.3. The molecule has 0 saturated heterocycles.